The highest BCUT2D eigenvalue weighted by molar-refractivity contribution is 6.31. The van der Waals surface area contributed by atoms with Crippen molar-refractivity contribution >= 4 is 24.0 Å². The van der Waals surface area contributed by atoms with Gasteiger partial charge in [0.25, 0.3) is 0 Å². The first-order valence-corrected chi connectivity index (χ1v) is 10.9. The highest BCUT2D eigenvalue weighted by atomic mass is 35.5. The zero-order chi connectivity index (χ0) is 24.9. The van der Waals surface area contributed by atoms with Crippen LogP contribution in [0.5, 0.6) is 5.75 Å². The summed E-state index contributed by atoms with van der Waals surface area (Å²) in [6.45, 7) is 4.83. The Morgan fingerprint density at radius 1 is 1.03 bits per heavy atom. The first-order valence-electron chi connectivity index (χ1n) is 10.5. The molecule has 0 aliphatic rings. The maximum atomic E-state index is 12.5. The molecule has 0 saturated carbocycles. The van der Waals surface area contributed by atoms with Gasteiger partial charge in [-0.05, 0) is 62.7 Å². The van der Waals surface area contributed by atoms with Gasteiger partial charge < -0.3 is 9.72 Å². The van der Waals surface area contributed by atoms with E-state index in [9.17, 15) is 18.0 Å². The molecule has 0 fully saturated rings. The van der Waals surface area contributed by atoms with Crippen LogP contribution < -0.4 is 10.2 Å². The number of nitrogens with one attached hydrogen (secondary N) is 1. The molecular weight excluding hydrogens is 500 g/mol. The number of ether oxygens (including phenoxy) is 1. The molecule has 0 aliphatic heterocycles. The molecule has 0 saturated heterocycles. The lowest BCUT2D eigenvalue weighted by Gasteiger charge is -2.13. The molecule has 3 aromatic rings. The lowest BCUT2D eigenvalue weighted by Crippen LogP contribution is -2.21. The van der Waals surface area contributed by atoms with E-state index in [-0.39, 0.29) is 28.6 Å². The molecular formula is C26H25Cl2F3N2O2. The van der Waals surface area contributed by atoms with Gasteiger partial charge in [0.2, 0.25) is 5.43 Å². The second kappa shape index (κ2) is 12.2. The molecule has 0 amide bonds. The highest BCUT2D eigenvalue weighted by Crippen LogP contribution is 2.23. The SMILES string of the molecule is Cc1[nH]c(C)c(-c2ccc(C#CCN(C)CCc3ccc(OC(F)(F)F)cc3)cc2)c(=O)c1Cl.Cl. The van der Waals surface area contributed by atoms with Crippen LogP contribution in [0.4, 0.5) is 13.2 Å². The van der Waals surface area contributed by atoms with Crippen molar-refractivity contribution in [3.8, 4) is 28.7 Å². The third kappa shape index (κ3) is 8.07. The molecule has 3 rings (SSSR count). The second-order valence-electron chi connectivity index (χ2n) is 7.95. The number of nitrogens with zero attached hydrogens (tertiary/aromatic N) is 1. The van der Waals surface area contributed by atoms with Crippen molar-refractivity contribution in [1.29, 1.82) is 0 Å². The van der Waals surface area contributed by atoms with E-state index in [4.69, 9.17) is 11.6 Å². The fourth-order valence-electron chi connectivity index (χ4n) is 3.45. The average molecular weight is 525 g/mol. The van der Waals surface area contributed by atoms with Crippen molar-refractivity contribution < 1.29 is 17.9 Å². The van der Waals surface area contributed by atoms with Gasteiger partial charge in [-0.25, -0.2) is 0 Å². The Kier molecular flexibility index (Phi) is 9.84. The molecule has 0 aliphatic carbocycles. The van der Waals surface area contributed by atoms with E-state index in [0.29, 0.717) is 30.8 Å². The van der Waals surface area contributed by atoms with Crippen LogP contribution in [0.1, 0.15) is 22.5 Å². The summed E-state index contributed by atoms with van der Waals surface area (Å²) in [5, 5.41) is 0.193. The van der Waals surface area contributed by atoms with Crippen molar-refractivity contribution in [3.63, 3.8) is 0 Å². The Labute approximate surface area is 213 Å². The van der Waals surface area contributed by atoms with Gasteiger partial charge in [-0.3, -0.25) is 9.69 Å². The van der Waals surface area contributed by atoms with Crippen molar-refractivity contribution in [2.75, 3.05) is 20.1 Å². The van der Waals surface area contributed by atoms with Gasteiger partial charge in [0.1, 0.15) is 10.8 Å². The number of hydrogen-bond donors (Lipinski definition) is 1. The van der Waals surface area contributed by atoms with Crippen LogP contribution in [-0.2, 0) is 6.42 Å². The number of aromatic nitrogens is 1. The van der Waals surface area contributed by atoms with Crippen molar-refractivity contribution in [2.45, 2.75) is 26.6 Å². The summed E-state index contributed by atoms with van der Waals surface area (Å²) in [4.78, 5) is 17.7. The number of benzene rings is 2. The number of likely N-dealkylation sites (N-methyl/N-ethyl adjacent to an activating group) is 1. The van der Waals surface area contributed by atoms with Crippen LogP contribution in [-0.4, -0.2) is 36.4 Å². The van der Waals surface area contributed by atoms with E-state index in [1.807, 2.05) is 43.1 Å². The summed E-state index contributed by atoms with van der Waals surface area (Å²) in [6.07, 6.45) is -4.02. The molecule has 4 nitrogen and oxygen atoms in total. The third-order valence-electron chi connectivity index (χ3n) is 5.20. The summed E-state index contributed by atoms with van der Waals surface area (Å²) in [7, 11) is 1.93. The van der Waals surface area contributed by atoms with Gasteiger partial charge in [-0.2, -0.15) is 0 Å². The number of hydrogen-bond acceptors (Lipinski definition) is 3. The number of H-pyrrole nitrogens is 1. The van der Waals surface area contributed by atoms with Gasteiger partial charge in [0, 0.05) is 29.1 Å². The lowest BCUT2D eigenvalue weighted by molar-refractivity contribution is -0.274. The number of halogens is 5. The number of rotatable bonds is 6. The molecule has 35 heavy (non-hydrogen) atoms. The number of aromatic amines is 1. The van der Waals surface area contributed by atoms with Crippen LogP contribution in [0, 0.1) is 25.7 Å². The van der Waals surface area contributed by atoms with Gasteiger partial charge in [0.05, 0.1) is 6.54 Å². The minimum absolute atomic E-state index is 0. The highest BCUT2D eigenvalue weighted by Gasteiger charge is 2.30. The smallest absolute Gasteiger partial charge is 0.406 e. The van der Waals surface area contributed by atoms with Crippen molar-refractivity contribution in [1.82, 2.24) is 9.88 Å². The van der Waals surface area contributed by atoms with Crippen molar-refractivity contribution in [3.05, 3.63) is 86.3 Å². The molecule has 0 spiro atoms. The largest absolute Gasteiger partial charge is 0.573 e. The Balaban J connectivity index is 0.00000432. The minimum atomic E-state index is -4.69. The zero-order valence-corrected chi connectivity index (χ0v) is 21.0. The van der Waals surface area contributed by atoms with E-state index in [0.717, 1.165) is 22.4 Å². The van der Waals surface area contributed by atoms with E-state index < -0.39 is 6.36 Å². The average Bonchev–Trinajstić information content (AvgIpc) is 2.77. The maximum absolute atomic E-state index is 12.5. The van der Waals surface area contributed by atoms with E-state index >= 15 is 0 Å². The number of pyridine rings is 1. The van der Waals surface area contributed by atoms with Crippen LogP contribution in [0.15, 0.2) is 53.3 Å². The normalized spacial score (nSPS) is 11.0. The molecule has 9 heteroatoms. The Bertz CT molecular complexity index is 1260. The maximum Gasteiger partial charge on any atom is 0.573 e. The standard InChI is InChI=1S/C26H24ClF3N2O2.ClH/c1-17-23(25(33)24(27)18(2)31-17)21-10-6-19(7-11-21)5-4-15-32(3)16-14-20-8-12-22(13-9-20)34-26(28,29)30;/h6-13H,14-16H2,1-3H3,(H,31,33);1H. The van der Waals surface area contributed by atoms with Crippen molar-refractivity contribution in [2.24, 2.45) is 0 Å². The lowest BCUT2D eigenvalue weighted by atomic mass is 10.0. The topological polar surface area (TPSA) is 45.3 Å². The van der Waals surface area contributed by atoms with Crippen LogP contribution in [0.2, 0.25) is 5.02 Å². The molecule has 0 atom stereocenters. The third-order valence-corrected chi connectivity index (χ3v) is 5.66. The molecule has 2 aromatic carbocycles. The molecule has 1 aromatic heterocycles. The molecule has 1 heterocycles. The summed E-state index contributed by atoms with van der Waals surface area (Å²) in [5.41, 5.74) is 4.26. The summed E-state index contributed by atoms with van der Waals surface area (Å²) in [5.74, 6) is 5.99. The molecule has 0 unspecified atom stereocenters. The summed E-state index contributed by atoms with van der Waals surface area (Å²) >= 11 is 6.11. The molecule has 1 N–H and O–H groups in total. The summed E-state index contributed by atoms with van der Waals surface area (Å²) < 4.78 is 40.6. The molecule has 0 bridgehead atoms. The van der Waals surface area contributed by atoms with Gasteiger partial charge in [0.15, 0.2) is 0 Å². The van der Waals surface area contributed by atoms with Crippen LogP contribution in [0.25, 0.3) is 11.1 Å². The quantitative estimate of drug-likeness (QED) is 0.393. The molecule has 0 radical (unpaired) electrons. The Morgan fingerprint density at radius 2 is 1.66 bits per heavy atom. The van der Waals surface area contributed by atoms with Gasteiger partial charge in [-0.15, -0.1) is 25.6 Å². The predicted molar refractivity (Wildman–Crippen MR) is 135 cm³/mol. The predicted octanol–water partition coefficient (Wildman–Crippen LogP) is 6.16. The van der Waals surface area contributed by atoms with Crippen LogP contribution >= 0.6 is 24.0 Å². The first-order chi connectivity index (χ1) is 16.0. The Hall–Kier alpha value is -2.92. The second-order valence-corrected chi connectivity index (χ2v) is 8.33. The van der Waals surface area contributed by atoms with E-state index in [2.05, 4.69) is 21.6 Å². The fraction of sp³-hybridized carbons (Fsp3) is 0.269. The minimum Gasteiger partial charge on any atom is -0.406 e. The number of aryl methyl sites for hydroxylation is 2. The Morgan fingerprint density at radius 3 is 2.26 bits per heavy atom. The number of alkyl halides is 3. The van der Waals surface area contributed by atoms with E-state index in [1.165, 1.54) is 12.1 Å². The molecule has 186 valence electrons. The van der Waals surface area contributed by atoms with E-state index in [1.54, 1.807) is 19.1 Å². The van der Waals surface area contributed by atoms with Crippen LogP contribution in [0.3, 0.4) is 0 Å². The van der Waals surface area contributed by atoms with Gasteiger partial charge >= 0.3 is 6.36 Å². The zero-order valence-electron chi connectivity index (χ0n) is 19.4. The van der Waals surface area contributed by atoms with Gasteiger partial charge in [-0.1, -0.05) is 47.7 Å². The monoisotopic (exact) mass is 524 g/mol. The first kappa shape index (κ1) is 28.3. The summed E-state index contributed by atoms with van der Waals surface area (Å²) in [6, 6.07) is 13.3. The fourth-order valence-corrected chi connectivity index (χ4v) is 3.59.